The van der Waals surface area contributed by atoms with Crippen LogP contribution in [-0.4, -0.2) is 24.4 Å². The standard InChI is InChI=1S/C11H14BrNO2S/c1-2-15-11(14)9(13)7-16-10-6-4-3-5-8(10)12/h3-6,9H,2,7,13H2,1H3. The van der Waals surface area contributed by atoms with Crippen molar-refractivity contribution in [1.82, 2.24) is 0 Å². The zero-order valence-corrected chi connectivity index (χ0v) is 11.4. The van der Waals surface area contributed by atoms with Gasteiger partial charge in [0, 0.05) is 15.1 Å². The minimum absolute atomic E-state index is 0.345. The molecule has 0 saturated carbocycles. The zero-order chi connectivity index (χ0) is 12.0. The van der Waals surface area contributed by atoms with Crippen LogP contribution < -0.4 is 5.73 Å². The largest absolute Gasteiger partial charge is 0.465 e. The van der Waals surface area contributed by atoms with Gasteiger partial charge in [-0.3, -0.25) is 4.79 Å². The van der Waals surface area contributed by atoms with Crippen LogP contribution in [0.3, 0.4) is 0 Å². The first-order chi connectivity index (χ1) is 7.65. The molecule has 0 aliphatic rings. The average Bonchev–Trinajstić information content (AvgIpc) is 2.28. The van der Waals surface area contributed by atoms with E-state index < -0.39 is 6.04 Å². The molecule has 1 atom stereocenters. The number of rotatable bonds is 5. The Morgan fingerprint density at radius 3 is 2.88 bits per heavy atom. The lowest BCUT2D eigenvalue weighted by molar-refractivity contribution is -0.144. The van der Waals surface area contributed by atoms with Gasteiger partial charge < -0.3 is 10.5 Å². The first kappa shape index (κ1) is 13.5. The fraction of sp³-hybridized carbons (Fsp3) is 0.364. The van der Waals surface area contributed by atoms with E-state index in [-0.39, 0.29) is 5.97 Å². The van der Waals surface area contributed by atoms with Gasteiger partial charge >= 0.3 is 5.97 Å². The summed E-state index contributed by atoms with van der Waals surface area (Å²) in [5.74, 6) is 0.170. The van der Waals surface area contributed by atoms with Gasteiger partial charge in [-0.1, -0.05) is 12.1 Å². The minimum Gasteiger partial charge on any atom is -0.465 e. The van der Waals surface area contributed by atoms with Gasteiger partial charge in [-0.15, -0.1) is 11.8 Å². The molecule has 0 saturated heterocycles. The first-order valence-corrected chi connectivity index (χ1v) is 6.72. The number of hydrogen-bond donors (Lipinski definition) is 1. The van der Waals surface area contributed by atoms with E-state index in [0.717, 1.165) is 9.37 Å². The number of nitrogens with two attached hydrogens (primary N) is 1. The van der Waals surface area contributed by atoms with E-state index in [0.29, 0.717) is 12.4 Å². The minimum atomic E-state index is -0.572. The van der Waals surface area contributed by atoms with E-state index in [1.165, 1.54) is 11.8 Å². The molecule has 1 aromatic carbocycles. The Hall–Kier alpha value is -0.520. The summed E-state index contributed by atoms with van der Waals surface area (Å²) in [6.45, 7) is 2.14. The maximum Gasteiger partial charge on any atom is 0.323 e. The van der Waals surface area contributed by atoms with Crippen molar-refractivity contribution in [2.45, 2.75) is 17.9 Å². The van der Waals surface area contributed by atoms with Crippen LogP contribution in [0.15, 0.2) is 33.6 Å². The summed E-state index contributed by atoms with van der Waals surface area (Å²) >= 11 is 4.97. The highest BCUT2D eigenvalue weighted by molar-refractivity contribution is 9.10. The summed E-state index contributed by atoms with van der Waals surface area (Å²) in [6.07, 6.45) is 0. The maximum atomic E-state index is 11.3. The lowest BCUT2D eigenvalue weighted by atomic mass is 10.4. The number of benzene rings is 1. The number of thioether (sulfide) groups is 1. The Kier molecular flexibility index (Phi) is 5.87. The molecule has 0 amide bonds. The van der Waals surface area contributed by atoms with Gasteiger partial charge in [-0.25, -0.2) is 0 Å². The molecule has 1 aromatic rings. The topological polar surface area (TPSA) is 52.3 Å². The Morgan fingerprint density at radius 1 is 1.56 bits per heavy atom. The van der Waals surface area contributed by atoms with Crippen LogP contribution in [0.2, 0.25) is 0 Å². The number of hydrogen-bond acceptors (Lipinski definition) is 4. The van der Waals surface area contributed by atoms with Crippen molar-refractivity contribution >= 4 is 33.7 Å². The molecule has 2 N–H and O–H groups in total. The fourth-order valence-electron chi connectivity index (χ4n) is 1.06. The van der Waals surface area contributed by atoms with Gasteiger partial charge in [-0.05, 0) is 35.0 Å². The number of ether oxygens (including phenoxy) is 1. The highest BCUT2D eigenvalue weighted by Crippen LogP contribution is 2.27. The van der Waals surface area contributed by atoms with Crippen LogP contribution in [0.4, 0.5) is 0 Å². The monoisotopic (exact) mass is 303 g/mol. The molecule has 16 heavy (non-hydrogen) atoms. The van der Waals surface area contributed by atoms with Crippen molar-refractivity contribution in [3.8, 4) is 0 Å². The van der Waals surface area contributed by atoms with E-state index in [1.54, 1.807) is 6.92 Å². The molecule has 0 aliphatic heterocycles. The number of carbonyl (C=O) groups is 1. The molecule has 3 nitrogen and oxygen atoms in total. The highest BCUT2D eigenvalue weighted by atomic mass is 79.9. The summed E-state index contributed by atoms with van der Waals surface area (Å²) < 4.78 is 5.84. The number of esters is 1. The van der Waals surface area contributed by atoms with Gasteiger partial charge in [-0.2, -0.15) is 0 Å². The van der Waals surface area contributed by atoms with Crippen molar-refractivity contribution in [2.24, 2.45) is 5.73 Å². The second-order valence-corrected chi connectivity index (χ2v) is 5.02. The molecule has 0 bridgehead atoms. The van der Waals surface area contributed by atoms with E-state index in [4.69, 9.17) is 10.5 Å². The zero-order valence-electron chi connectivity index (χ0n) is 8.98. The van der Waals surface area contributed by atoms with Gasteiger partial charge in [0.2, 0.25) is 0 Å². The lowest BCUT2D eigenvalue weighted by Gasteiger charge is -2.10. The third-order valence-corrected chi connectivity index (χ3v) is 3.99. The molecule has 5 heteroatoms. The molecular formula is C11H14BrNO2S. The molecule has 0 fully saturated rings. The first-order valence-electron chi connectivity index (χ1n) is 4.94. The lowest BCUT2D eigenvalue weighted by Crippen LogP contribution is -2.34. The van der Waals surface area contributed by atoms with Crippen LogP contribution in [-0.2, 0) is 9.53 Å². The number of carbonyl (C=O) groups excluding carboxylic acids is 1. The van der Waals surface area contributed by atoms with Crippen LogP contribution in [0.5, 0.6) is 0 Å². The quantitative estimate of drug-likeness (QED) is 0.670. The fourth-order valence-corrected chi connectivity index (χ4v) is 2.56. The van der Waals surface area contributed by atoms with Crippen LogP contribution >= 0.6 is 27.7 Å². The van der Waals surface area contributed by atoms with Crippen molar-refractivity contribution in [2.75, 3.05) is 12.4 Å². The van der Waals surface area contributed by atoms with E-state index in [9.17, 15) is 4.79 Å². The summed E-state index contributed by atoms with van der Waals surface area (Å²) in [6, 6.07) is 7.25. The molecule has 0 aromatic heterocycles. The Morgan fingerprint density at radius 2 is 2.25 bits per heavy atom. The molecule has 88 valence electrons. The predicted molar refractivity (Wildman–Crippen MR) is 69.5 cm³/mol. The molecule has 0 aliphatic carbocycles. The van der Waals surface area contributed by atoms with Crippen molar-refractivity contribution in [1.29, 1.82) is 0 Å². The maximum absolute atomic E-state index is 11.3. The Labute approximate surface area is 108 Å². The van der Waals surface area contributed by atoms with E-state index in [1.807, 2.05) is 24.3 Å². The van der Waals surface area contributed by atoms with Crippen molar-refractivity contribution < 1.29 is 9.53 Å². The van der Waals surface area contributed by atoms with E-state index in [2.05, 4.69) is 15.9 Å². The van der Waals surface area contributed by atoms with Gasteiger partial charge in [0.1, 0.15) is 6.04 Å². The molecule has 1 rings (SSSR count). The third kappa shape index (κ3) is 4.15. The van der Waals surface area contributed by atoms with Crippen molar-refractivity contribution in [3.63, 3.8) is 0 Å². The molecule has 0 spiro atoms. The summed E-state index contributed by atoms with van der Waals surface area (Å²) in [5.41, 5.74) is 5.69. The summed E-state index contributed by atoms with van der Waals surface area (Å²) in [5, 5.41) is 0. The average molecular weight is 304 g/mol. The predicted octanol–water partition coefficient (Wildman–Crippen LogP) is 2.43. The Bertz CT molecular complexity index is 360. The summed E-state index contributed by atoms with van der Waals surface area (Å²) in [4.78, 5) is 12.3. The smallest absolute Gasteiger partial charge is 0.323 e. The summed E-state index contributed by atoms with van der Waals surface area (Å²) in [7, 11) is 0. The van der Waals surface area contributed by atoms with Crippen LogP contribution in [0, 0.1) is 0 Å². The van der Waals surface area contributed by atoms with Gasteiger partial charge in [0.25, 0.3) is 0 Å². The van der Waals surface area contributed by atoms with Gasteiger partial charge in [0.15, 0.2) is 0 Å². The molecular weight excluding hydrogens is 290 g/mol. The second kappa shape index (κ2) is 6.93. The number of halogens is 1. The SMILES string of the molecule is CCOC(=O)C(N)CSc1ccccc1Br. The second-order valence-electron chi connectivity index (χ2n) is 3.10. The van der Waals surface area contributed by atoms with Crippen LogP contribution in [0.25, 0.3) is 0 Å². The highest BCUT2D eigenvalue weighted by Gasteiger charge is 2.15. The molecule has 0 radical (unpaired) electrons. The third-order valence-electron chi connectivity index (χ3n) is 1.84. The molecule has 0 heterocycles. The van der Waals surface area contributed by atoms with E-state index >= 15 is 0 Å². The van der Waals surface area contributed by atoms with Crippen molar-refractivity contribution in [3.05, 3.63) is 28.7 Å². The van der Waals surface area contributed by atoms with Crippen LogP contribution in [0.1, 0.15) is 6.92 Å². The molecule has 1 unspecified atom stereocenters. The van der Waals surface area contributed by atoms with Gasteiger partial charge in [0.05, 0.1) is 6.61 Å². The Balaban J connectivity index is 2.46. The normalized spacial score (nSPS) is 12.2.